The largest absolute Gasteiger partial charge is 0.377 e. The van der Waals surface area contributed by atoms with E-state index >= 15 is 0 Å². The van der Waals surface area contributed by atoms with Crippen LogP contribution in [0.1, 0.15) is 17.0 Å². The van der Waals surface area contributed by atoms with Gasteiger partial charge in [0.15, 0.2) is 5.76 Å². The fourth-order valence-electron chi connectivity index (χ4n) is 1.44. The molecule has 1 aromatic carbocycles. The van der Waals surface area contributed by atoms with Gasteiger partial charge in [-0.05, 0) is 25.1 Å². The van der Waals surface area contributed by atoms with Crippen molar-refractivity contribution in [1.29, 1.82) is 5.26 Å². The lowest BCUT2D eigenvalue weighted by molar-refractivity contribution is 0.384. The second-order valence-electron chi connectivity index (χ2n) is 3.59. The van der Waals surface area contributed by atoms with Gasteiger partial charge >= 0.3 is 0 Å². The van der Waals surface area contributed by atoms with Crippen LogP contribution in [-0.2, 0) is 6.54 Å². The van der Waals surface area contributed by atoms with Gasteiger partial charge in [-0.3, -0.25) is 0 Å². The standard InChI is InChI=1S/C12H10BrN3O/c1-8-4-11(17-16-8)7-15-12-5-10(13)3-2-9(12)6-14/h2-5,15H,7H2,1H3. The number of nitriles is 1. The summed E-state index contributed by atoms with van der Waals surface area (Å²) in [5, 5.41) is 15.9. The van der Waals surface area contributed by atoms with Gasteiger partial charge in [0, 0.05) is 10.5 Å². The van der Waals surface area contributed by atoms with Crippen molar-refractivity contribution in [2.45, 2.75) is 13.5 Å². The van der Waals surface area contributed by atoms with E-state index in [-0.39, 0.29) is 0 Å². The number of rotatable bonds is 3. The Bertz CT molecular complexity index is 571. The Morgan fingerprint density at radius 1 is 1.47 bits per heavy atom. The van der Waals surface area contributed by atoms with E-state index in [0.29, 0.717) is 12.1 Å². The molecule has 0 saturated heterocycles. The van der Waals surface area contributed by atoms with E-state index in [9.17, 15) is 0 Å². The average Bonchev–Trinajstić information content (AvgIpc) is 2.73. The van der Waals surface area contributed by atoms with E-state index in [1.807, 2.05) is 25.1 Å². The number of aryl methyl sites for hydroxylation is 1. The number of nitrogens with zero attached hydrogens (tertiary/aromatic N) is 2. The number of hydrogen-bond donors (Lipinski definition) is 1. The SMILES string of the molecule is Cc1cc(CNc2cc(Br)ccc2C#N)on1. The highest BCUT2D eigenvalue weighted by atomic mass is 79.9. The van der Waals surface area contributed by atoms with E-state index < -0.39 is 0 Å². The summed E-state index contributed by atoms with van der Waals surface area (Å²) in [5.74, 6) is 0.742. The van der Waals surface area contributed by atoms with Gasteiger partial charge in [0.25, 0.3) is 0 Å². The summed E-state index contributed by atoms with van der Waals surface area (Å²) in [6, 6.07) is 9.45. The highest BCUT2D eigenvalue weighted by molar-refractivity contribution is 9.10. The van der Waals surface area contributed by atoms with Crippen molar-refractivity contribution < 1.29 is 4.52 Å². The lowest BCUT2D eigenvalue weighted by Gasteiger charge is -2.06. The molecule has 0 aliphatic carbocycles. The molecule has 0 unspecified atom stereocenters. The predicted molar refractivity (Wildman–Crippen MR) is 67.4 cm³/mol. The van der Waals surface area contributed by atoms with E-state index in [4.69, 9.17) is 9.78 Å². The third-order valence-corrected chi connectivity index (χ3v) is 2.73. The predicted octanol–water partition coefficient (Wildman–Crippen LogP) is 3.23. The Hall–Kier alpha value is -1.80. The minimum atomic E-state index is 0.506. The van der Waals surface area contributed by atoms with Gasteiger partial charge in [0.2, 0.25) is 0 Å². The van der Waals surface area contributed by atoms with Crippen LogP contribution < -0.4 is 5.32 Å². The number of hydrogen-bond acceptors (Lipinski definition) is 4. The smallest absolute Gasteiger partial charge is 0.156 e. The van der Waals surface area contributed by atoms with Crippen LogP contribution in [0, 0.1) is 18.3 Å². The second kappa shape index (κ2) is 5.02. The highest BCUT2D eigenvalue weighted by Crippen LogP contribution is 2.21. The maximum atomic E-state index is 8.97. The van der Waals surface area contributed by atoms with Gasteiger partial charge in [-0.2, -0.15) is 5.26 Å². The fraction of sp³-hybridized carbons (Fsp3) is 0.167. The van der Waals surface area contributed by atoms with Crippen molar-refractivity contribution >= 4 is 21.6 Å². The van der Waals surface area contributed by atoms with Crippen molar-refractivity contribution in [3.05, 3.63) is 45.8 Å². The van der Waals surface area contributed by atoms with Crippen LogP contribution in [0.15, 0.2) is 33.3 Å². The summed E-state index contributed by atoms with van der Waals surface area (Å²) < 4.78 is 6.01. The Kier molecular flexibility index (Phi) is 3.45. The van der Waals surface area contributed by atoms with Crippen molar-refractivity contribution in [3.8, 4) is 6.07 Å². The molecular weight excluding hydrogens is 282 g/mol. The highest BCUT2D eigenvalue weighted by Gasteiger charge is 2.04. The van der Waals surface area contributed by atoms with Gasteiger partial charge in [-0.15, -0.1) is 0 Å². The van der Waals surface area contributed by atoms with Crippen molar-refractivity contribution in [2.75, 3.05) is 5.32 Å². The van der Waals surface area contributed by atoms with Gasteiger partial charge in [-0.1, -0.05) is 21.1 Å². The first-order chi connectivity index (χ1) is 8.19. The summed E-state index contributed by atoms with van der Waals surface area (Å²) in [7, 11) is 0. The van der Waals surface area contributed by atoms with Crippen LogP contribution in [0.3, 0.4) is 0 Å². The molecule has 1 aromatic heterocycles. The van der Waals surface area contributed by atoms with Gasteiger partial charge in [0.1, 0.15) is 6.07 Å². The number of aromatic nitrogens is 1. The molecule has 0 aliphatic heterocycles. The zero-order chi connectivity index (χ0) is 12.3. The van der Waals surface area contributed by atoms with E-state index in [0.717, 1.165) is 21.6 Å². The summed E-state index contributed by atoms with van der Waals surface area (Å²) in [6.45, 7) is 2.37. The first kappa shape index (κ1) is 11.7. The molecule has 0 atom stereocenters. The third kappa shape index (κ3) is 2.86. The molecule has 0 saturated carbocycles. The topological polar surface area (TPSA) is 61.9 Å². The van der Waals surface area contributed by atoms with E-state index in [1.165, 1.54) is 0 Å². The molecule has 4 nitrogen and oxygen atoms in total. The molecular formula is C12H10BrN3O. The zero-order valence-corrected chi connectivity index (χ0v) is 10.8. The molecule has 1 heterocycles. The van der Waals surface area contributed by atoms with Crippen LogP contribution >= 0.6 is 15.9 Å². The van der Waals surface area contributed by atoms with Crippen LogP contribution in [0.4, 0.5) is 5.69 Å². The summed E-state index contributed by atoms with van der Waals surface area (Å²) in [6.07, 6.45) is 0. The molecule has 86 valence electrons. The van der Waals surface area contributed by atoms with Crippen LogP contribution in [0.25, 0.3) is 0 Å². The summed E-state index contributed by atoms with van der Waals surface area (Å²) in [4.78, 5) is 0. The second-order valence-corrected chi connectivity index (χ2v) is 4.51. The van der Waals surface area contributed by atoms with Crippen LogP contribution in [-0.4, -0.2) is 5.16 Å². The van der Waals surface area contributed by atoms with Gasteiger partial charge in [-0.25, -0.2) is 0 Å². The number of anilines is 1. The average molecular weight is 292 g/mol. The molecule has 2 rings (SSSR count). The Morgan fingerprint density at radius 3 is 2.94 bits per heavy atom. The lowest BCUT2D eigenvalue weighted by Crippen LogP contribution is -2.00. The van der Waals surface area contributed by atoms with E-state index in [1.54, 1.807) is 6.07 Å². The quantitative estimate of drug-likeness (QED) is 0.943. The fourth-order valence-corrected chi connectivity index (χ4v) is 1.80. The first-order valence-electron chi connectivity index (χ1n) is 5.05. The molecule has 0 spiro atoms. The Balaban J connectivity index is 2.13. The van der Waals surface area contributed by atoms with Crippen molar-refractivity contribution in [3.63, 3.8) is 0 Å². The molecule has 0 fully saturated rings. The first-order valence-corrected chi connectivity index (χ1v) is 5.84. The van der Waals surface area contributed by atoms with Crippen molar-refractivity contribution in [1.82, 2.24) is 5.16 Å². The molecule has 0 bridgehead atoms. The third-order valence-electron chi connectivity index (χ3n) is 2.23. The maximum Gasteiger partial charge on any atom is 0.156 e. The van der Waals surface area contributed by atoms with E-state index in [2.05, 4.69) is 32.5 Å². The van der Waals surface area contributed by atoms with Gasteiger partial charge in [0.05, 0.1) is 23.5 Å². The molecule has 17 heavy (non-hydrogen) atoms. The number of benzene rings is 1. The van der Waals surface area contributed by atoms with Crippen LogP contribution in [0.2, 0.25) is 0 Å². The number of nitrogens with one attached hydrogen (secondary N) is 1. The molecule has 1 N–H and O–H groups in total. The van der Waals surface area contributed by atoms with Crippen LogP contribution in [0.5, 0.6) is 0 Å². The lowest BCUT2D eigenvalue weighted by atomic mass is 10.2. The normalized spacial score (nSPS) is 9.94. The molecule has 0 amide bonds. The zero-order valence-electron chi connectivity index (χ0n) is 9.20. The molecule has 0 aliphatic rings. The Morgan fingerprint density at radius 2 is 2.29 bits per heavy atom. The summed E-state index contributed by atoms with van der Waals surface area (Å²) >= 11 is 3.37. The monoisotopic (exact) mass is 291 g/mol. The summed E-state index contributed by atoms with van der Waals surface area (Å²) in [5.41, 5.74) is 2.22. The minimum Gasteiger partial charge on any atom is -0.377 e. The van der Waals surface area contributed by atoms with Gasteiger partial charge < -0.3 is 9.84 Å². The molecule has 0 radical (unpaired) electrons. The maximum absolute atomic E-state index is 8.97. The van der Waals surface area contributed by atoms with Crippen molar-refractivity contribution in [2.24, 2.45) is 0 Å². The minimum absolute atomic E-state index is 0.506. The molecule has 5 heteroatoms. The Labute approximate surface area is 107 Å². The molecule has 2 aromatic rings. The number of halogens is 1.